The number of hydrogen-bond acceptors (Lipinski definition) is 5. The van der Waals surface area contributed by atoms with Gasteiger partial charge in [0, 0.05) is 11.7 Å². The van der Waals surface area contributed by atoms with Gasteiger partial charge in [0.2, 0.25) is 0 Å². The number of anilines is 1. The maximum Gasteiger partial charge on any atom is 0.279 e. The number of quaternary nitrogens is 1. The Balaban J connectivity index is 1.80. The molecule has 1 heterocycles. The van der Waals surface area contributed by atoms with E-state index in [1.807, 2.05) is 6.92 Å². The second-order valence-electron chi connectivity index (χ2n) is 6.40. The Morgan fingerprint density at radius 1 is 1.19 bits per heavy atom. The average Bonchev–Trinajstić information content (AvgIpc) is 2.93. The largest absolute Gasteiger partial charge is 0.497 e. The van der Waals surface area contributed by atoms with Gasteiger partial charge in [0.05, 0.1) is 25.2 Å². The van der Waals surface area contributed by atoms with Gasteiger partial charge in [-0.15, -0.1) is 0 Å². The number of methoxy groups -OCH3 is 1. The van der Waals surface area contributed by atoms with Crippen LogP contribution in [-0.4, -0.2) is 64.5 Å². The van der Waals surface area contributed by atoms with Gasteiger partial charge >= 0.3 is 0 Å². The highest BCUT2D eigenvalue weighted by atomic mass is 32.2. The highest BCUT2D eigenvalue weighted by Crippen LogP contribution is 2.14. The van der Waals surface area contributed by atoms with Crippen LogP contribution in [0.15, 0.2) is 24.3 Å². The summed E-state index contributed by atoms with van der Waals surface area (Å²) in [6.45, 7) is 2.78. The Kier molecular flexibility index (Phi) is 6.98. The highest BCUT2D eigenvalue weighted by Gasteiger charge is 2.29. The van der Waals surface area contributed by atoms with Crippen LogP contribution in [0, 0.1) is 0 Å². The molecule has 144 valence electrons. The smallest absolute Gasteiger partial charge is 0.279 e. The number of likely N-dealkylation sites (N-methyl/N-ethyl adjacent to an activating group) is 1. The van der Waals surface area contributed by atoms with Gasteiger partial charge in [-0.25, -0.2) is 8.42 Å². The van der Waals surface area contributed by atoms with Gasteiger partial charge in [0.1, 0.15) is 5.75 Å². The molecule has 26 heavy (non-hydrogen) atoms. The zero-order chi connectivity index (χ0) is 19.2. The third kappa shape index (κ3) is 6.30. The molecule has 1 aliphatic heterocycles. The van der Waals surface area contributed by atoms with E-state index < -0.39 is 9.84 Å². The molecule has 8 nitrogen and oxygen atoms in total. The molecule has 1 aromatic rings. The molecule has 1 aliphatic rings. The maximum atomic E-state index is 12.2. The molecule has 0 saturated carbocycles. The molecule has 2 rings (SSSR count). The normalized spacial score (nSPS) is 19.5. The van der Waals surface area contributed by atoms with Crippen LogP contribution >= 0.6 is 0 Å². The predicted octanol–water partition coefficient (Wildman–Crippen LogP) is -1.16. The summed E-state index contributed by atoms with van der Waals surface area (Å²) >= 11 is 0. The van der Waals surface area contributed by atoms with E-state index in [1.165, 1.54) is 0 Å². The number of carbonyl (C=O) groups is 2. The summed E-state index contributed by atoms with van der Waals surface area (Å²) in [6.07, 6.45) is 0.452. The van der Waals surface area contributed by atoms with E-state index in [1.54, 1.807) is 31.4 Å². The minimum Gasteiger partial charge on any atom is -0.497 e. The fourth-order valence-electron chi connectivity index (χ4n) is 2.83. The maximum absolute atomic E-state index is 12.2. The number of sulfone groups is 1. The lowest BCUT2D eigenvalue weighted by atomic mass is 10.2. The number of hydrogen-bond donors (Lipinski definition) is 3. The van der Waals surface area contributed by atoms with Crippen LogP contribution in [0.4, 0.5) is 5.69 Å². The van der Waals surface area contributed by atoms with Crippen molar-refractivity contribution >= 4 is 27.3 Å². The van der Waals surface area contributed by atoms with Crippen molar-refractivity contribution in [3.8, 4) is 5.75 Å². The van der Waals surface area contributed by atoms with Crippen molar-refractivity contribution in [3.63, 3.8) is 0 Å². The van der Waals surface area contributed by atoms with E-state index in [0.29, 0.717) is 24.4 Å². The molecule has 1 unspecified atom stereocenters. The van der Waals surface area contributed by atoms with Crippen LogP contribution < -0.4 is 20.3 Å². The van der Waals surface area contributed by atoms with Gasteiger partial charge in [-0.3, -0.25) is 9.59 Å². The summed E-state index contributed by atoms with van der Waals surface area (Å²) in [5.41, 5.74) is 0.659. The van der Waals surface area contributed by atoms with Gasteiger partial charge in [-0.1, -0.05) is 0 Å². The van der Waals surface area contributed by atoms with Crippen molar-refractivity contribution in [2.75, 3.05) is 43.6 Å². The first-order chi connectivity index (χ1) is 12.3. The molecule has 2 atom stereocenters. The van der Waals surface area contributed by atoms with Crippen LogP contribution in [0.25, 0.3) is 0 Å². The van der Waals surface area contributed by atoms with Crippen molar-refractivity contribution in [1.29, 1.82) is 0 Å². The third-order valence-corrected chi connectivity index (χ3v) is 6.06. The summed E-state index contributed by atoms with van der Waals surface area (Å²) in [5.74, 6) is 0.393. The standard InChI is InChI=1S/C17H25N3O5S/c1-3-20(11-17(22)19-14-8-9-26(23,24)12-14)10-16(21)18-13-4-6-15(25-2)7-5-13/h4-7,14H,3,8-12H2,1-2H3,(H,18,21)(H,19,22)/p+1/t14-/m1/s1. The number of carbonyl (C=O) groups excluding carboxylic acids is 2. The molecule has 0 radical (unpaired) electrons. The van der Waals surface area contributed by atoms with Gasteiger partial charge in [-0.05, 0) is 37.6 Å². The molecule has 1 aromatic carbocycles. The zero-order valence-electron chi connectivity index (χ0n) is 15.1. The minimum atomic E-state index is -3.03. The third-order valence-electron chi connectivity index (χ3n) is 4.29. The van der Waals surface area contributed by atoms with E-state index in [9.17, 15) is 18.0 Å². The van der Waals surface area contributed by atoms with Gasteiger partial charge in [0.25, 0.3) is 11.8 Å². The first kappa shape index (κ1) is 20.2. The highest BCUT2D eigenvalue weighted by molar-refractivity contribution is 7.91. The van der Waals surface area contributed by atoms with Crippen molar-refractivity contribution in [2.24, 2.45) is 0 Å². The van der Waals surface area contributed by atoms with Gasteiger partial charge in [0.15, 0.2) is 22.9 Å². The lowest BCUT2D eigenvalue weighted by molar-refractivity contribution is -0.881. The first-order valence-electron chi connectivity index (χ1n) is 8.58. The van der Waals surface area contributed by atoms with Crippen molar-refractivity contribution in [2.45, 2.75) is 19.4 Å². The Bertz CT molecular complexity index is 733. The van der Waals surface area contributed by atoms with E-state index in [2.05, 4.69) is 10.6 Å². The fourth-order valence-corrected chi connectivity index (χ4v) is 4.51. The number of ether oxygens (including phenoxy) is 1. The number of amides is 2. The molecule has 0 bridgehead atoms. The monoisotopic (exact) mass is 384 g/mol. The Morgan fingerprint density at radius 2 is 1.85 bits per heavy atom. The molecular weight excluding hydrogens is 358 g/mol. The topological polar surface area (TPSA) is 106 Å². The average molecular weight is 384 g/mol. The molecule has 9 heteroatoms. The molecule has 1 saturated heterocycles. The molecule has 1 fully saturated rings. The Morgan fingerprint density at radius 3 is 2.38 bits per heavy atom. The van der Waals surface area contributed by atoms with E-state index in [-0.39, 0.29) is 42.5 Å². The predicted molar refractivity (Wildman–Crippen MR) is 98.1 cm³/mol. The zero-order valence-corrected chi connectivity index (χ0v) is 15.9. The SMILES string of the molecule is CC[NH+](CC(=O)Nc1ccc(OC)cc1)CC(=O)N[C@@H]1CCS(=O)(=O)C1. The van der Waals surface area contributed by atoms with Crippen LogP contribution in [0.3, 0.4) is 0 Å². The quantitative estimate of drug-likeness (QED) is 0.524. The first-order valence-corrected chi connectivity index (χ1v) is 10.4. The molecule has 2 amide bonds. The lowest BCUT2D eigenvalue weighted by Gasteiger charge is -2.18. The van der Waals surface area contributed by atoms with Crippen LogP contribution in [0.1, 0.15) is 13.3 Å². The second kappa shape index (κ2) is 9.00. The number of benzene rings is 1. The van der Waals surface area contributed by atoms with Gasteiger partial charge in [-0.2, -0.15) is 0 Å². The van der Waals surface area contributed by atoms with E-state index in [0.717, 1.165) is 4.90 Å². The summed E-state index contributed by atoms with van der Waals surface area (Å²) in [5, 5.41) is 5.54. The Labute approximate surface area is 153 Å². The van der Waals surface area contributed by atoms with Crippen LogP contribution in [0.5, 0.6) is 5.75 Å². The number of rotatable bonds is 8. The Hall–Kier alpha value is -2.13. The minimum absolute atomic E-state index is 0.00183. The molecule has 3 N–H and O–H groups in total. The van der Waals surface area contributed by atoms with Crippen molar-refractivity contribution in [1.82, 2.24) is 5.32 Å². The second-order valence-corrected chi connectivity index (χ2v) is 8.63. The fraction of sp³-hybridized carbons (Fsp3) is 0.529. The van der Waals surface area contributed by atoms with Crippen molar-refractivity contribution in [3.05, 3.63) is 24.3 Å². The molecule has 0 aromatic heterocycles. The number of nitrogens with one attached hydrogen (secondary N) is 3. The van der Waals surface area contributed by atoms with E-state index >= 15 is 0 Å². The summed E-state index contributed by atoms with van der Waals surface area (Å²) in [6, 6.07) is 6.68. The van der Waals surface area contributed by atoms with E-state index in [4.69, 9.17) is 4.74 Å². The molecular formula is C17H26N3O5S+. The lowest BCUT2D eigenvalue weighted by Crippen LogP contribution is -3.14. The van der Waals surface area contributed by atoms with Crippen LogP contribution in [-0.2, 0) is 19.4 Å². The summed E-state index contributed by atoms with van der Waals surface area (Å²) < 4.78 is 28.0. The van der Waals surface area contributed by atoms with Gasteiger partial charge < -0.3 is 20.3 Å². The van der Waals surface area contributed by atoms with Crippen molar-refractivity contribution < 1.29 is 27.6 Å². The van der Waals surface area contributed by atoms with Crippen LogP contribution in [0.2, 0.25) is 0 Å². The summed E-state index contributed by atoms with van der Waals surface area (Å²) in [7, 11) is -1.46. The molecule has 0 spiro atoms. The molecule has 0 aliphatic carbocycles. The summed E-state index contributed by atoms with van der Waals surface area (Å²) in [4.78, 5) is 25.1.